The van der Waals surface area contributed by atoms with Gasteiger partial charge in [-0.2, -0.15) is 23.5 Å². The third-order valence-electron chi connectivity index (χ3n) is 17.7. The Labute approximate surface area is 579 Å². The van der Waals surface area contributed by atoms with Crippen molar-refractivity contribution in [3.8, 4) is 5.75 Å². The lowest BCUT2D eigenvalue weighted by molar-refractivity contribution is -0.146. The van der Waals surface area contributed by atoms with E-state index in [0.29, 0.717) is 92.2 Å². The number of nitrogens with one attached hydrogen (secondary N) is 10. The Morgan fingerprint density at radius 2 is 1.34 bits per heavy atom. The second-order valence-corrected chi connectivity index (χ2v) is 27.6. The summed E-state index contributed by atoms with van der Waals surface area (Å²) in [6.07, 6.45) is 6.89. The predicted octanol–water partition coefficient (Wildman–Crippen LogP) is 3.96. The summed E-state index contributed by atoms with van der Waals surface area (Å²) in [6, 6.07) is 14.8. The zero-order valence-electron chi connectivity index (χ0n) is 54.4. The summed E-state index contributed by atoms with van der Waals surface area (Å²) in [7, 11) is 0. The van der Waals surface area contributed by atoms with Gasteiger partial charge in [0.2, 0.25) is 53.2 Å². The molecule has 1 unspecified atom stereocenters. The van der Waals surface area contributed by atoms with Crippen molar-refractivity contribution < 1.29 is 57.4 Å². The number of carbonyl (C=O) groups excluding carboxylic acids is 10. The molecule has 5 heterocycles. The second kappa shape index (κ2) is 34.3. The zero-order valence-corrected chi connectivity index (χ0v) is 56.9. The summed E-state index contributed by atoms with van der Waals surface area (Å²) in [5.41, 5.74) is 15.3. The molecule has 9 rings (SSSR count). The fraction of sp³-hybridized carbons (Fsp3) is 0.406. The van der Waals surface area contributed by atoms with Crippen LogP contribution in [0.15, 0.2) is 115 Å². The standard InChI is InChI=1S/C69H83FN14O11S3/c1-39-63(90)81-57(29-47-33-73-38-77-47)67(94)83-58(24-40-10-13-48(85)14-11-40)68(95)84-21-6-19-69(84,2)59(86)27-45(62(72)89)37-98-36-42-8-5-7-41(23-42)35-97-22-18-60(87)79-54(9-3-4-20-71)64(91)76-34-61(88)80-55(25-43-31-74-52-16-12-46(70)28-50(43)52)66(93)82-56(65(92)78-39)26-44-32-75-53-17-15-49(96)30-51(44)53/h5,7-8,10-17,23,28,30-33,38-39,45,54-58,74-75,85,96H,3-4,6,9,18-22,24-27,29,34-37,71H2,1-2H3,(H2,72,89)(H,73,77)(H,76,91)(H,78,92)(H,79,87)(H,80,88)(H,81,90)(H,82,93)(H,83,94)/t39-,45+,54+,55+,56?,57+,58+,69+/m1/s1. The third kappa shape index (κ3) is 19.8. The number of aromatic amines is 3. The van der Waals surface area contributed by atoms with Crippen LogP contribution in [0.4, 0.5) is 4.39 Å². The van der Waals surface area contributed by atoms with Crippen molar-refractivity contribution in [2.75, 3.05) is 31.1 Å². The smallest absolute Gasteiger partial charge is 0.246 e. The summed E-state index contributed by atoms with van der Waals surface area (Å²) in [5, 5.41) is 30.4. The minimum atomic E-state index is -1.50. The summed E-state index contributed by atoms with van der Waals surface area (Å²) in [4.78, 5) is 159. The summed E-state index contributed by atoms with van der Waals surface area (Å²) < 4.78 is 14.8. The maximum absolute atomic E-state index is 15.2. The second-order valence-electron chi connectivity index (χ2n) is 25.0. The van der Waals surface area contributed by atoms with Gasteiger partial charge in [-0.05, 0) is 129 Å². The number of nitrogens with two attached hydrogens (primary N) is 2. The molecule has 8 atom stereocenters. The Hall–Kier alpha value is -9.19. The van der Waals surface area contributed by atoms with Crippen LogP contribution in [0, 0.1) is 11.7 Å². The molecule has 3 aromatic heterocycles. The van der Waals surface area contributed by atoms with E-state index in [-0.39, 0.29) is 69.4 Å². The number of halogens is 1. The highest BCUT2D eigenvalue weighted by Crippen LogP contribution is 2.34. The molecule has 15 N–H and O–H groups in total. The Bertz CT molecular complexity index is 4020. The minimum Gasteiger partial charge on any atom is -0.508 e. The van der Waals surface area contributed by atoms with Gasteiger partial charge < -0.3 is 73.6 Å². The van der Waals surface area contributed by atoms with Crippen LogP contribution in [0.25, 0.3) is 21.8 Å². The van der Waals surface area contributed by atoms with Crippen LogP contribution in [0.5, 0.6) is 5.75 Å². The first-order chi connectivity index (χ1) is 47.0. The SMILES string of the molecule is C[C@H]1NC(=O)C(Cc2c[nH]c3ccc(S)cc23)NC(=O)[C@H](Cc2c[nH]c3ccc(F)cc23)NC(=O)CNC(=O)[C@H](CCCCN)NC(=O)CCSCc2cccc(c2)CSC[C@@H](C(N)=O)CC(=O)[C@]2(C)CCCN2C(=O)[C@H](Cc2ccc(O)cc2)NC(=O)[C@H](Cc2cnc[nH]2)NC1=O. The number of hydrogen-bond acceptors (Lipinski definition) is 16. The van der Waals surface area contributed by atoms with E-state index in [9.17, 15) is 47.9 Å². The molecule has 98 heavy (non-hydrogen) atoms. The molecule has 7 aromatic rings. The highest BCUT2D eigenvalue weighted by atomic mass is 32.2. The van der Waals surface area contributed by atoms with Crippen LogP contribution in [-0.4, -0.2) is 162 Å². The van der Waals surface area contributed by atoms with Crippen molar-refractivity contribution in [1.29, 1.82) is 0 Å². The van der Waals surface area contributed by atoms with Gasteiger partial charge in [-0.25, -0.2) is 9.37 Å². The number of primary amides is 1. The molecule has 2 bridgehead atoms. The number of aromatic hydroxyl groups is 1. The van der Waals surface area contributed by atoms with E-state index in [0.717, 1.165) is 11.1 Å². The largest absolute Gasteiger partial charge is 0.508 e. The van der Waals surface area contributed by atoms with E-state index in [1.54, 1.807) is 49.6 Å². The molecule has 0 aliphatic carbocycles. The number of imidazole rings is 1. The Kier molecular flexibility index (Phi) is 25.6. The fourth-order valence-electron chi connectivity index (χ4n) is 12.2. The van der Waals surface area contributed by atoms with Crippen LogP contribution in [0.3, 0.4) is 0 Å². The van der Waals surface area contributed by atoms with E-state index in [1.807, 2.05) is 24.3 Å². The van der Waals surface area contributed by atoms with Crippen molar-refractivity contribution in [3.63, 3.8) is 0 Å². The number of hydrogen-bond donors (Lipinski definition) is 14. The summed E-state index contributed by atoms with van der Waals surface area (Å²) in [5.74, 6) is -7.02. The lowest BCUT2D eigenvalue weighted by Gasteiger charge is -2.37. The van der Waals surface area contributed by atoms with Crippen LogP contribution in [-0.2, 0) is 85.1 Å². The number of phenolic OH excluding ortho intramolecular Hbond substituents is 1. The molecule has 0 saturated carbocycles. The molecule has 25 nitrogen and oxygen atoms in total. The number of fused-ring (bicyclic) bond motifs is 5. The molecule has 0 radical (unpaired) electrons. The molecule has 1 saturated heterocycles. The number of unbranched alkanes of at least 4 members (excludes halogenated alkanes) is 1. The highest BCUT2D eigenvalue weighted by Gasteiger charge is 2.48. The summed E-state index contributed by atoms with van der Waals surface area (Å²) in [6.45, 7) is 2.80. The highest BCUT2D eigenvalue weighted by molar-refractivity contribution is 7.98. The van der Waals surface area contributed by atoms with Crippen molar-refractivity contribution in [1.82, 2.24) is 62.1 Å². The molecule has 4 aromatic carbocycles. The van der Waals surface area contributed by atoms with Crippen LogP contribution < -0.4 is 48.7 Å². The first-order valence-corrected chi connectivity index (χ1v) is 35.2. The Morgan fingerprint density at radius 1 is 0.704 bits per heavy atom. The first kappa shape index (κ1) is 73.1. The normalized spacial score (nSPS) is 23.2. The topological polar surface area (TPSA) is 391 Å². The number of H-pyrrole nitrogens is 3. The zero-order chi connectivity index (χ0) is 70.0. The lowest BCUT2D eigenvalue weighted by Crippen LogP contribution is -2.61. The average molecular weight is 1400 g/mol. The van der Waals surface area contributed by atoms with Gasteiger partial charge in [0.05, 0.1) is 24.3 Å². The molecule has 1 fully saturated rings. The number of rotatable bonds is 13. The average Bonchev–Trinajstić information content (AvgIpc) is 1.57. The Balaban J connectivity index is 1.03. The number of aromatic nitrogens is 4. The van der Waals surface area contributed by atoms with E-state index in [1.165, 1.54) is 78.2 Å². The molecular weight excluding hydrogens is 1320 g/mol. The first-order valence-electron chi connectivity index (χ1n) is 32.5. The van der Waals surface area contributed by atoms with E-state index in [2.05, 4.69) is 69.8 Å². The van der Waals surface area contributed by atoms with Crippen molar-refractivity contribution in [2.45, 2.75) is 143 Å². The quantitative estimate of drug-likeness (QED) is 0.0574. The number of amides is 9. The minimum absolute atomic E-state index is 0.0514. The molecule has 0 spiro atoms. The number of benzene rings is 4. The molecule has 9 amide bonds. The predicted molar refractivity (Wildman–Crippen MR) is 374 cm³/mol. The van der Waals surface area contributed by atoms with Crippen molar-refractivity contribution in [2.24, 2.45) is 17.4 Å². The van der Waals surface area contributed by atoms with Crippen molar-refractivity contribution >= 4 is 117 Å². The van der Waals surface area contributed by atoms with Crippen LogP contribution >= 0.6 is 36.2 Å². The van der Waals surface area contributed by atoms with E-state index < -0.39 is 119 Å². The fourth-order valence-corrected chi connectivity index (χ4v) is 14.3. The van der Waals surface area contributed by atoms with Gasteiger partial charge in [0.1, 0.15) is 47.8 Å². The van der Waals surface area contributed by atoms with Crippen molar-refractivity contribution in [3.05, 3.63) is 149 Å². The van der Waals surface area contributed by atoms with Crippen LogP contribution in [0.2, 0.25) is 0 Å². The summed E-state index contributed by atoms with van der Waals surface area (Å²) >= 11 is 7.46. The number of Topliss-reactive ketones (excluding diaryl/α,β-unsaturated/α-hetero) is 1. The van der Waals surface area contributed by atoms with Gasteiger partial charge in [-0.1, -0.05) is 36.4 Å². The number of ketones is 1. The van der Waals surface area contributed by atoms with Gasteiger partial charge in [0.15, 0.2) is 5.78 Å². The molecule has 29 heteroatoms. The van der Waals surface area contributed by atoms with Gasteiger partial charge in [0.25, 0.3) is 0 Å². The van der Waals surface area contributed by atoms with E-state index in [4.69, 9.17) is 11.5 Å². The molecule has 520 valence electrons. The maximum atomic E-state index is 15.2. The third-order valence-corrected chi connectivity index (χ3v) is 20.1. The van der Waals surface area contributed by atoms with Gasteiger partial charge in [-0.3, -0.25) is 47.9 Å². The van der Waals surface area contributed by atoms with Gasteiger partial charge >= 0.3 is 0 Å². The van der Waals surface area contributed by atoms with Gasteiger partial charge in [-0.15, -0.1) is 12.6 Å². The number of carbonyl (C=O) groups is 10. The number of thioether (sulfide) groups is 2. The van der Waals surface area contributed by atoms with Gasteiger partial charge in [0, 0.05) is 119 Å². The van der Waals surface area contributed by atoms with E-state index >= 15 is 9.59 Å². The maximum Gasteiger partial charge on any atom is 0.246 e. The molecule has 2 aliphatic rings. The molecular formula is C69H83FN14O11S3. The molecule has 2 aliphatic heterocycles. The lowest BCUT2D eigenvalue weighted by atomic mass is 9.86. The number of thiol groups is 1. The Morgan fingerprint density at radius 3 is 2.02 bits per heavy atom. The number of phenols is 1. The van der Waals surface area contributed by atoms with Crippen LogP contribution in [0.1, 0.15) is 92.3 Å². The monoisotopic (exact) mass is 1400 g/mol. The number of nitrogens with zero attached hydrogens (tertiary/aromatic N) is 2.